The number of nitriles is 1. The second-order valence-electron chi connectivity index (χ2n) is 8.07. The molecule has 0 N–H and O–H groups in total. The van der Waals surface area contributed by atoms with Gasteiger partial charge in [0.1, 0.15) is 5.54 Å². The van der Waals surface area contributed by atoms with Gasteiger partial charge in [0, 0.05) is 33.2 Å². The molecular weight excluding hydrogens is 388 g/mol. The van der Waals surface area contributed by atoms with Gasteiger partial charge in [-0.3, -0.25) is 9.69 Å². The molecule has 0 radical (unpaired) electrons. The lowest BCUT2D eigenvalue weighted by Gasteiger charge is -2.40. The number of carbonyl (C=O) groups excluding carboxylic acids is 1. The number of likely N-dealkylation sites (N-methyl/N-ethyl adjacent to an activating group) is 1. The van der Waals surface area contributed by atoms with Crippen molar-refractivity contribution in [3.05, 3.63) is 35.9 Å². The van der Waals surface area contributed by atoms with E-state index in [0.29, 0.717) is 26.2 Å². The SMILES string of the molecule is CN(C(=O)CN1CCN(S(=O)(=O)Cc2ccccc2)CC1)C1(C#N)CCCCC1. The maximum Gasteiger partial charge on any atom is 0.237 e. The van der Waals surface area contributed by atoms with Gasteiger partial charge in [-0.1, -0.05) is 49.6 Å². The van der Waals surface area contributed by atoms with Crippen LogP contribution < -0.4 is 0 Å². The Morgan fingerprint density at radius 3 is 2.31 bits per heavy atom. The van der Waals surface area contributed by atoms with Gasteiger partial charge in [-0.2, -0.15) is 9.57 Å². The molecule has 3 rings (SSSR count). The quantitative estimate of drug-likeness (QED) is 0.704. The lowest BCUT2D eigenvalue weighted by Crippen LogP contribution is -2.55. The summed E-state index contributed by atoms with van der Waals surface area (Å²) in [6.07, 6.45) is 4.53. The maximum absolute atomic E-state index is 12.8. The normalized spacial score (nSPS) is 20.7. The monoisotopic (exact) mass is 418 g/mol. The average molecular weight is 419 g/mol. The fourth-order valence-electron chi connectivity index (χ4n) is 4.24. The van der Waals surface area contributed by atoms with E-state index in [9.17, 15) is 18.5 Å². The number of benzene rings is 1. The van der Waals surface area contributed by atoms with Crippen LogP contribution in [0.1, 0.15) is 37.7 Å². The lowest BCUT2D eigenvalue weighted by molar-refractivity contribution is -0.136. The van der Waals surface area contributed by atoms with E-state index >= 15 is 0 Å². The molecule has 1 amide bonds. The Morgan fingerprint density at radius 1 is 1.10 bits per heavy atom. The first-order chi connectivity index (χ1) is 13.9. The Labute approximate surface area is 173 Å². The molecule has 158 valence electrons. The Balaban J connectivity index is 1.53. The zero-order valence-electron chi connectivity index (χ0n) is 17.1. The van der Waals surface area contributed by atoms with E-state index in [1.165, 1.54) is 4.31 Å². The minimum atomic E-state index is -3.37. The van der Waals surface area contributed by atoms with Crippen LogP contribution in [0.3, 0.4) is 0 Å². The zero-order valence-corrected chi connectivity index (χ0v) is 17.9. The van der Waals surface area contributed by atoms with E-state index < -0.39 is 15.6 Å². The molecule has 29 heavy (non-hydrogen) atoms. The number of hydrogen-bond donors (Lipinski definition) is 0. The molecule has 2 aliphatic rings. The summed E-state index contributed by atoms with van der Waals surface area (Å²) in [5.41, 5.74) is 0.0944. The first-order valence-corrected chi connectivity index (χ1v) is 11.9. The van der Waals surface area contributed by atoms with E-state index in [1.807, 2.05) is 35.2 Å². The zero-order chi connectivity index (χ0) is 20.9. The van der Waals surface area contributed by atoms with Gasteiger partial charge in [-0.05, 0) is 18.4 Å². The molecule has 1 aromatic carbocycles. The number of sulfonamides is 1. The van der Waals surface area contributed by atoms with Crippen molar-refractivity contribution in [2.24, 2.45) is 0 Å². The first kappa shape index (κ1) is 21.8. The number of piperazine rings is 1. The highest BCUT2D eigenvalue weighted by Gasteiger charge is 2.39. The minimum absolute atomic E-state index is 0.000196. The number of carbonyl (C=O) groups is 1. The van der Waals surface area contributed by atoms with Gasteiger partial charge in [-0.15, -0.1) is 0 Å². The van der Waals surface area contributed by atoms with Crippen molar-refractivity contribution in [3.63, 3.8) is 0 Å². The van der Waals surface area contributed by atoms with Crippen molar-refractivity contribution in [2.75, 3.05) is 39.8 Å². The predicted octanol–water partition coefficient (Wildman–Crippen LogP) is 1.82. The van der Waals surface area contributed by atoms with Crippen LogP contribution in [0.4, 0.5) is 0 Å². The molecule has 1 aliphatic heterocycles. The molecule has 2 fully saturated rings. The molecule has 1 heterocycles. The van der Waals surface area contributed by atoms with Crippen LogP contribution >= 0.6 is 0 Å². The Kier molecular flexibility index (Phi) is 6.93. The van der Waals surface area contributed by atoms with E-state index in [1.54, 1.807) is 11.9 Å². The maximum atomic E-state index is 12.8. The predicted molar refractivity (Wildman–Crippen MR) is 111 cm³/mol. The standard InChI is InChI=1S/C21H30N4O3S/c1-23(21(18-22)10-6-3-7-11-21)20(26)16-24-12-14-25(15-13-24)29(27,28)17-19-8-4-2-5-9-19/h2,4-5,8-9H,3,6-7,10-17H2,1H3. The summed E-state index contributed by atoms with van der Waals surface area (Å²) in [7, 11) is -1.63. The summed E-state index contributed by atoms with van der Waals surface area (Å²) in [5, 5.41) is 9.68. The second kappa shape index (κ2) is 9.24. The molecule has 0 unspecified atom stereocenters. The van der Waals surface area contributed by atoms with Gasteiger partial charge in [0.25, 0.3) is 0 Å². The van der Waals surface area contributed by atoms with Gasteiger partial charge in [0.05, 0.1) is 18.4 Å². The van der Waals surface area contributed by atoms with Gasteiger partial charge in [0.15, 0.2) is 0 Å². The topological polar surface area (TPSA) is 84.7 Å². The summed E-state index contributed by atoms with van der Waals surface area (Å²) in [6.45, 7) is 2.04. The van der Waals surface area contributed by atoms with Crippen LogP contribution in [0.15, 0.2) is 30.3 Å². The summed E-state index contributed by atoms with van der Waals surface area (Å²) < 4.78 is 26.9. The third-order valence-electron chi connectivity index (χ3n) is 6.18. The van der Waals surface area contributed by atoms with Crippen molar-refractivity contribution in [3.8, 4) is 6.07 Å². The first-order valence-electron chi connectivity index (χ1n) is 10.3. The molecule has 0 aromatic heterocycles. The van der Waals surface area contributed by atoms with Crippen molar-refractivity contribution < 1.29 is 13.2 Å². The molecular formula is C21H30N4O3S. The Hall–Kier alpha value is -1.95. The smallest absolute Gasteiger partial charge is 0.237 e. The molecule has 0 atom stereocenters. The average Bonchev–Trinajstić information content (AvgIpc) is 2.74. The number of nitrogens with zero attached hydrogens (tertiary/aromatic N) is 4. The number of amides is 1. The number of hydrogen-bond acceptors (Lipinski definition) is 5. The van der Waals surface area contributed by atoms with E-state index in [0.717, 1.165) is 37.7 Å². The van der Waals surface area contributed by atoms with Gasteiger partial charge in [-0.25, -0.2) is 8.42 Å². The van der Waals surface area contributed by atoms with E-state index in [2.05, 4.69) is 6.07 Å². The fraction of sp³-hybridized carbons (Fsp3) is 0.619. The molecule has 1 aliphatic carbocycles. The summed E-state index contributed by atoms with van der Waals surface area (Å²) in [4.78, 5) is 16.4. The van der Waals surface area contributed by atoms with Crippen LogP contribution in [-0.2, 0) is 20.6 Å². The van der Waals surface area contributed by atoms with Crippen LogP contribution in [0.5, 0.6) is 0 Å². The molecule has 0 bridgehead atoms. The van der Waals surface area contributed by atoms with Gasteiger partial charge < -0.3 is 4.90 Å². The highest BCUT2D eigenvalue weighted by molar-refractivity contribution is 7.88. The van der Waals surface area contributed by atoms with Crippen LogP contribution in [0.2, 0.25) is 0 Å². The fourth-order valence-corrected chi connectivity index (χ4v) is 5.75. The van der Waals surface area contributed by atoms with Crippen LogP contribution in [0.25, 0.3) is 0 Å². The summed E-state index contributed by atoms with van der Waals surface area (Å²) in [5.74, 6) is -0.0609. The van der Waals surface area contributed by atoms with E-state index in [-0.39, 0.29) is 18.2 Å². The molecule has 1 saturated carbocycles. The summed E-state index contributed by atoms with van der Waals surface area (Å²) >= 11 is 0. The lowest BCUT2D eigenvalue weighted by atomic mass is 9.81. The van der Waals surface area contributed by atoms with Crippen LogP contribution in [-0.4, -0.2) is 73.7 Å². The molecule has 0 spiro atoms. The summed E-state index contributed by atoms with van der Waals surface area (Å²) in [6, 6.07) is 11.6. The van der Waals surface area contributed by atoms with E-state index in [4.69, 9.17) is 0 Å². The highest BCUT2D eigenvalue weighted by atomic mass is 32.2. The Bertz CT molecular complexity index is 836. The molecule has 7 nitrogen and oxygen atoms in total. The second-order valence-corrected chi connectivity index (χ2v) is 10.0. The minimum Gasteiger partial charge on any atom is -0.326 e. The van der Waals surface area contributed by atoms with Crippen molar-refractivity contribution in [2.45, 2.75) is 43.4 Å². The van der Waals surface area contributed by atoms with Crippen molar-refractivity contribution in [1.29, 1.82) is 5.26 Å². The molecule has 8 heteroatoms. The third kappa shape index (κ3) is 5.16. The van der Waals surface area contributed by atoms with Gasteiger partial charge in [0.2, 0.25) is 15.9 Å². The van der Waals surface area contributed by atoms with Crippen LogP contribution in [0, 0.1) is 11.3 Å². The molecule has 1 aromatic rings. The largest absolute Gasteiger partial charge is 0.326 e. The van der Waals surface area contributed by atoms with Gasteiger partial charge >= 0.3 is 0 Å². The molecule has 1 saturated heterocycles. The number of rotatable bonds is 6. The van der Waals surface area contributed by atoms with Crippen molar-refractivity contribution >= 4 is 15.9 Å². The highest BCUT2D eigenvalue weighted by Crippen LogP contribution is 2.32. The van der Waals surface area contributed by atoms with Crippen molar-refractivity contribution in [1.82, 2.24) is 14.1 Å². The third-order valence-corrected chi connectivity index (χ3v) is 8.03. The Morgan fingerprint density at radius 2 is 1.72 bits per heavy atom.